The lowest BCUT2D eigenvalue weighted by atomic mass is 9.92. The topological polar surface area (TPSA) is 57.5 Å². The first kappa shape index (κ1) is 11.4. The molecule has 0 fully saturated rings. The summed E-state index contributed by atoms with van der Waals surface area (Å²) in [5.74, 6) is -0.137. The summed E-state index contributed by atoms with van der Waals surface area (Å²) in [5, 5.41) is 17.2. The van der Waals surface area contributed by atoms with E-state index in [4.69, 9.17) is 10.2 Å². The van der Waals surface area contributed by atoms with Crippen LogP contribution in [0.25, 0.3) is 0 Å². The van der Waals surface area contributed by atoms with Gasteiger partial charge in [-0.15, -0.1) is 0 Å². The van der Waals surface area contributed by atoms with Gasteiger partial charge in [0.15, 0.2) is 0 Å². The van der Waals surface area contributed by atoms with E-state index in [1.165, 1.54) is 0 Å². The van der Waals surface area contributed by atoms with Crippen molar-refractivity contribution in [2.24, 2.45) is 11.8 Å². The third-order valence-electron chi connectivity index (χ3n) is 1.81. The van der Waals surface area contributed by atoms with E-state index >= 15 is 0 Å². The van der Waals surface area contributed by atoms with Gasteiger partial charge < -0.3 is 10.2 Å². The van der Waals surface area contributed by atoms with Gasteiger partial charge in [-0.2, -0.15) is 0 Å². The molecule has 3 nitrogen and oxygen atoms in total. The van der Waals surface area contributed by atoms with Gasteiger partial charge >= 0.3 is 5.97 Å². The SMILES string of the molecule is CC(C)C[C@@H](CCO)CC(=O)O. The summed E-state index contributed by atoms with van der Waals surface area (Å²) in [7, 11) is 0. The van der Waals surface area contributed by atoms with Crippen LogP contribution in [0.5, 0.6) is 0 Å². The third-order valence-corrected chi connectivity index (χ3v) is 1.81. The van der Waals surface area contributed by atoms with Crippen molar-refractivity contribution in [3.05, 3.63) is 0 Å². The van der Waals surface area contributed by atoms with Gasteiger partial charge in [0.05, 0.1) is 0 Å². The molecule has 3 heteroatoms. The average Bonchev–Trinajstić information content (AvgIpc) is 1.84. The fourth-order valence-electron chi connectivity index (χ4n) is 1.40. The molecule has 0 bridgehead atoms. The molecule has 0 aliphatic rings. The highest BCUT2D eigenvalue weighted by atomic mass is 16.4. The molecule has 0 saturated carbocycles. The van der Waals surface area contributed by atoms with Crippen LogP contribution < -0.4 is 0 Å². The number of carbonyl (C=O) groups is 1. The summed E-state index contributed by atoms with van der Waals surface area (Å²) in [6.07, 6.45) is 1.66. The van der Waals surface area contributed by atoms with Crippen LogP contribution in [0.2, 0.25) is 0 Å². The zero-order valence-electron chi connectivity index (χ0n) is 7.79. The van der Waals surface area contributed by atoms with Crippen LogP contribution in [0.3, 0.4) is 0 Å². The predicted molar refractivity (Wildman–Crippen MR) is 46.9 cm³/mol. The first-order chi connectivity index (χ1) is 5.56. The van der Waals surface area contributed by atoms with E-state index in [1.807, 2.05) is 0 Å². The molecular weight excluding hydrogens is 156 g/mol. The fourth-order valence-corrected chi connectivity index (χ4v) is 1.40. The molecule has 0 unspecified atom stereocenters. The van der Waals surface area contributed by atoms with E-state index in [0.29, 0.717) is 12.3 Å². The smallest absolute Gasteiger partial charge is 0.303 e. The summed E-state index contributed by atoms with van der Waals surface area (Å²) in [6, 6.07) is 0. The second-order valence-electron chi connectivity index (χ2n) is 3.61. The molecule has 0 aromatic rings. The van der Waals surface area contributed by atoms with E-state index < -0.39 is 5.97 Å². The molecule has 0 rings (SSSR count). The van der Waals surface area contributed by atoms with Crippen molar-refractivity contribution in [3.63, 3.8) is 0 Å². The first-order valence-corrected chi connectivity index (χ1v) is 4.39. The lowest BCUT2D eigenvalue weighted by molar-refractivity contribution is -0.138. The molecule has 2 N–H and O–H groups in total. The van der Waals surface area contributed by atoms with Crippen molar-refractivity contribution in [1.82, 2.24) is 0 Å². The Morgan fingerprint density at radius 1 is 1.42 bits per heavy atom. The Balaban J connectivity index is 3.77. The van der Waals surface area contributed by atoms with Crippen molar-refractivity contribution in [3.8, 4) is 0 Å². The van der Waals surface area contributed by atoms with E-state index in [-0.39, 0.29) is 18.9 Å². The van der Waals surface area contributed by atoms with Gasteiger partial charge in [-0.1, -0.05) is 13.8 Å². The van der Waals surface area contributed by atoms with Gasteiger partial charge in [-0.3, -0.25) is 4.79 Å². The van der Waals surface area contributed by atoms with E-state index in [0.717, 1.165) is 6.42 Å². The van der Waals surface area contributed by atoms with Crippen molar-refractivity contribution >= 4 is 5.97 Å². The molecule has 0 aliphatic carbocycles. The van der Waals surface area contributed by atoms with Gasteiger partial charge in [0.25, 0.3) is 0 Å². The third kappa shape index (κ3) is 6.16. The largest absolute Gasteiger partial charge is 0.481 e. The quantitative estimate of drug-likeness (QED) is 0.641. The molecule has 0 aromatic heterocycles. The second kappa shape index (κ2) is 6.00. The summed E-state index contributed by atoms with van der Waals surface area (Å²) in [5.41, 5.74) is 0. The molecule has 0 amide bonds. The minimum Gasteiger partial charge on any atom is -0.481 e. The summed E-state index contributed by atoms with van der Waals surface area (Å²) < 4.78 is 0. The zero-order chi connectivity index (χ0) is 9.56. The van der Waals surface area contributed by atoms with Gasteiger partial charge in [0.2, 0.25) is 0 Å². The van der Waals surface area contributed by atoms with Crippen LogP contribution >= 0.6 is 0 Å². The van der Waals surface area contributed by atoms with Gasteiger partial charge in [-0.05, 0) is 24.7 Å². The summed E-state index contributed by atoms with van der Waals surface area (Å²) in [4.78, 5) is 10.4. The van der Waals surface area contributed by atoms with E-state index in [2.05, 4.69) is 13.8 Å². The minimum absolute atomic E-state index is 0.0880. The lowest BCUT2D eigenvalue weighted by Crippen LogP contribution is -2.12. The Hall–Kier alpha value is -0.570. The maximum Gasteiger partial charge on any atom is 0.303 e. The average molecular weight is 174 g/mol. The van der Waals surface area contributed by atoms with Crippen molar-refractivity contribution in [2.75, 3.05) is 6.61 Å². The lowest BCUT2D eigenvalue weighted by Gasteiger charge is -2.15. The molecular formula is C9H18O3. The van der Waals surface area contributed by atoms with Crippen LogP contribution in [0.1, 0.15) is 33.1 Å². The van der Waals surface area contributed by atoms with Crippen LogP contribution in [-0.2, 0) is 4.79 Å². The van der Waals surface area contributed by atoms with Crippen molar-refractivity contribution < 1.29 is 15.0 Å². The number of carboxylic acid groups (broad SMARTS) is 1. The number of aliphatic hydroxyl groups excluding tert-OH is 1. The molecule has 1 atom stereocenters. The highest BCUT2D eigenvalue weighted by molar-refractivity contribution is 5.66. The normalized spacial score (nSPS) is 13.3. The summed E-state index contributed by atoms with van der Waals surface area (Å²) >= 11 is 0. The first-order valence-electron chi connectivity index (χ1n) is 4.39. The molecule has 0 radical (unpaired) electrons. The highest BCUT2D eigenvalue weighted by Crippen LogP contribution is 2.18. The monoisotopic (exact) mass is 174 g/mol. The predicted octanol–water partition coefficient (Wildman–Crippen LogP) is 1.51. The second-order valence-corrected chi connectivity index (χ2v) is 3.61. The Morgan fingerprint density at radius 2 is 2.00 bits per heavy atom. The van der Waals surface area contributed by atoms with Crippen LogP contribution in [0, 0.1) is 11.8 Å². The van der Waals surface area contributed by atoms with Crippen LogP contribution in [0.4, 0.5) is 0 Å². The molecule has 0 aromatic carbocycles. The molecule has 72 valence electrons. The summed E-state index contributed by atoms with van der Waals surface area (Å²) in [6.45, 7) is 4.21. The van der Waals surface area contributed by atoms with Crippen LogP contribution in [0.15, 0.2) is 0 Å². The maximum atomic E-state index is 10.4. The Kier molecular flexibility index (Phi) is 5.72. The van der Waals surface area contributed by atoms with Gasteiger partial charge in [-0.25, -0.2) is 0 Å². The van der Waals surface area contributed by atoms with Gasteiger partial charge in [0.1, 0.15) is 0 Å². The molecule has 0 heterocycles. The van der Waals surface area contributed by atoms with E-state index in [1.54, 1.807) is 0 Å². The number of hydrogen-bond donors (Lipinski definition) is 2. The number of rotatable bonds is 6. The van der Waals surface area contributed by atoms with E-state index in [9.17, 15) is 4.79 Å². The standard InChI is InChI=1S/C9H18O3/c1-7(2)5-8(3-4-10)6-9(11)12/h7-8,10H,3-6H2,1-2H3,(H,11,12)/t8-/m1/s1. The number of aliphatic hydroxyl groups is 1. The Bertz CT molecular complexity index is 132. The fraction of sp³-hybridized carbons (Fsp3) is 0.889. The number of carboxylic acids is 1. The molecule has 0 spiro atoms. The van der Waals surface area contributed by atoms with Gasteiger partial charge in [0, 0.05) is 13.0 Å². The molecule has 12 heavy (non-hydrogen) atoms. The number of hydrogen-bond acceptors (Lipinski definition) is 2. The Labute approximate surface area is 73.4 Å². The minimum atomic E-state index is -0.769. The van der Waals surface area contributed by atoms with Crippen molar-refractivity contribution in [1.29, 1.82) is 0 Å². The van der Waals surface area contributed by atoms with Crippen LogP contribution in [-0.4, -0.2) is 22.8 Å². The number of aliphatic carboxylic acids is 1. The van der Waals surface area contributed by atoms with Crippen molar-refractivity contribution in [2.45, 2.75) is 33.1 Å². The molecule has 0 saturated heterocycles. The molecule has 0 aliphatic heterocycles. The maximum absolute atomic E-state index is 10.4. The highest BCUT2D eigenvalue weighted by Gasteiger charge is 2.13. The zero-order valence-corrected chi connectivity index (χ0v) is 7.79. The Morgan fingerprint density at radius 3 is 2.33 bits per heavy atom.